The molecule has 0 radical (unpaired) electrons. The Kier molecular flexibility index (Phi) is 3.71. The Morgan fingerprint density at radius 3 is 2.32 bits per heavy atom. The maximum atomic E-state index is 10.8. The van der Waals surface area contributed by atoms with Crippen LogP contribution in [0.4, 0.5) is 0 Å². The van der Waals surface area contributed by atoms with E-state index in [0.717, 1.165) is 18.3 Å². The van der Waals surface area contributed by atoms with Gasteiger partial charge in [-0.2, -0.15) is 0 Å². The van der Waals surface area contributed by atoms with Crippen molar-refractivity contribution in [2.75, 3.05) is 0 Å². The minimum atomic E-state index is -0.00502. The van der Waals surface area contributed by atoms with Gasteiger partial charge in [0.1, 0.15) is 0 Å². The molecule has 3 unspecified atom stereocenters. The lowest BCUT2D eigenvalue weighted by Crippen LogP contribution is -2.55. The van der Waals surface area contributed by atoms with Crippen LogP contribution in [0.5, 0.6) is 0 Å². The molecule has 0 aliphatic heterocycles. The fourth-order valence-electron chi connectivity index (χ4n) is 6.26. The summed E-state index contributed by atoms with van der Waals surface area (Å²) in [6, 6.07) is 0. The molecule has 0 amide bonds. The van der Waals surface area contributed by atoms with Crippen molar-refractivity contribution in [2.24, 2.45) is 22.7 Å². The molecule has 4 aliphatic rings. The van der Waals surface area contributed by atoms with Crippen LogP contribution in [0.25, 0.3) is 0 Å². The molecule has 3 atom stereocenters. The molecular formula is C18H32O. The highest BCUT2D eigenvalue weighted by Crippen LogP contribution is 2.66. The first kappa shape index (κ1) is 13.9. The van der Waals surface area contributed by atoms with Gasteiger partial charge in [-0.05, 0) is 67.6 Å². The molecule has 4 rings (SSSR count). The minimum absolute atomic E-state index is 0.00502. The molecule has 0 heterocycles. The minimum Gasteiger partial charge on any atom is -0.393 e. The average Bonchev–Trinajstić information content (AvgIpc) is 2.31. The van der Waals surface area contributed by atoms with E-state index in [1.54, 1.807) is 0 Å². The average molecular weight is 264 g/mol. The number of aliphatic hydroxyl groups excluding tert-OH is 1. The molecule has 0 aromatic heterocycles. The first-order valence-corrected chi connectivity index (χ1v) is 8.73. The normalized spacial score (nSPS) is 45.6. The lowest BCUT2D eigenvalue weighted by atomic mass is 9.43. The lowest BCUT2D eigenvalue weighted by molar-refractivity contribution is -0.154. The van der Waals surface area contributed by atoms with Crippen LogP contribution in [-0.2, 0) is 0 Å². The molecule has 0 spiro atoms. The molecule has 4 bridgehead atoms. The van der Waals surface area contributed by atoms with Crippen molar-refractivity contribution in [1.82, 2.24) is 0 Å². The van der Waals surface area contributed by atoms with Crippen LogP contribution in [-0.4, -0.2) is 11.2 Å². The fraction of sp³-hybridized carbons (Fsp3) is 1.00. The van der Waals surface area contributed by atoms with Gasteiger partial charge in [0.15, 0.2) is 0 Å². The summed E-state index contributed by atoms with van der Waals surface area (Å²) in [5.74, 6) is 1.88. The number of aliphatic hydroxyl groups is 1. The monoisotopic (exact) mass is 264 g/mol. The Morgan fingerprint density at radius 2 is 1.74 bits per heavy atom. The molecule has 1 nitrogen and oxygen atoms in total. The van der Waals surface area contributed by atoms with Crippen LogP contribution in [0.15, 0.2) is 0 Å². The maximum Gasteiger partial charge on any atom is 0.0596 e. The summed E-state index contributed by atoms with van der Waals surface area (Å²) in [7, 11) is 0. The highest BCUT2D eigenvalue weighted by Gasteiger charge is 2.57. The van der Waals surface area contributed by atoms with Crippen molar-refractivity contribution in [3.63, 3.8) is 0 Å². The van der Waals surface area contributed by atoms with E-state index < -0.39 is 0 Å². The van der Waals surface area contributed by atoms with Crippen molar-refractivity contribution >= 4 is 0 Å². The van der Waals surface area contributed by atoms with Gasteiger partial charge in [0.25, 0.3) is 0 Å². The van der Waals surface area contributed by atoms with Gasteiger partial charge >= 0.3 is 0 Å². The van der Waals surface area contributed by atoms with Crippen molar-refractivity contribution in [2.45, 2.75) is 90.6 Å². The Hall–Kier alpha value is -0.0400. The van der Waals surface area contributed by atoms with E-state index in [2.05, 4.69) is 13.8 Å². The lowest BCUT2D eigenvalue weighted by Gasteiger charge is -2.62. The number of rotatable bonds is 6. The Bertz CT molecular complexity index is 308. The van der Waals surface area contributed by atoms with Crippen molar-refractivity contribution < 1.29 is 5.11 Å². The second-order valence-electron chi connectivity index (χ2n) is 8.50. The fourth-order valence-corrected chi connectivity index (χ4v) is 6.26. The number of hydrogen-bond donors (Lipinski definition) is 1. The van der Waals surface area contributed by atoms with Gasteiger partial charge < -0.3 is 5.11 Å². The summed E-state index contributed by atoms with van der Waals surface area (Å²) in [5, 5.41) is 10.8. The van der Waals surface area contributed by atoms with Crippen LogP contribution < -0.4 is 0 Å². The number of unbranched alkanes of at least 4 members (excludes halogenated alkanes) is 3. The standard InChI is InChI=1S/C18H32O/c1-3-4-5-6-7-16(19)18-11-14-8-15(12-18)10-17(2,9-14)13-18/h14-16,19H,3-13H2,1-2H3. The zero-order valence-electron chi connectivity index (χ0n) is 13.0. The molecule has 1 N–H and O–H groups in total. The maximum absolute atomic E-state index is 10.8. The van der Waals surface area contributed by atoms with Gasteiger partial charge in [-0.1, -0.05) is 39.5 Å². The zero-order chi connectivity index (χ0) is 13.5. The third-order valence-corrected chi connectivity index (χ3v) is 6.44. The summed E-state index contributed by atoms with van der Waals surface area (Å²) >= 11 is 0. The first-order chi connectivity index (χ1) is 9.05. The Balaban J connectivity index is 1.63. The van der Waals surface area contributed by atoms with Gasteiger partial charge in [-0.15, -0.1) is 0 Å². The molecule has 110 valence electrons. The SMILES string of the molecule is CCCCCCC(O)C12CC3CC(CC(C)(C3)C1)C2. The summed E-state index contributed by atoms with van der Waals surface area (Å²) in [5.41, 5.74) is 0.902. The highest BCUT2D eigenvalue weighted by molar-refractivity contribution is 5.08. The molecular weight excluding hydrogens is 232 g/mol. The van der Waals surface area contributed by atoms with E-state index in [1.165, 1.54) is 64.2 Å². The van der Waals surface area contributed by atoms with E-state index in [4.69, 9.17) is 0 Å². The molecule has 1 heteroatoms. The van der Waals surface area contributed by atoms with Crippen LogP contribution in [0.2, 0.25) is 0 Å². The molecule has 4 saturated carbocycles. The van der Waals surface area contributed by atoms with Crippen molar-refractivity contribution in [3.8, 4) is 0 Å². The van der Waals surface area contributed by atoms with Crippen LogP contribution in [0.1, 0.15) is 84.5 Å². The van der Waals surface area contributed by atoms with Gasteiger partial charge in [0.05, 0.1) is 6.10 Å². The van der Waals surface area contributed by atoms with E-state index in [-0.39, 0.29) is 6.10 Å². The van der Waals surface area contributed by atoms with Crippen LogP contribution >= 0.6 is 0 Å². The van der Waals surface area contributed by atoms with Gasteiger partial charge in [-0.3, -0.25) is 0 Å². The second kappa shape index (κ2) is 5.06. The van der Waals surface area contributed by atoms with Crippen molar-refractivity contribution in [1.29, 1.82) is 0 Å². The topological polar surface area (TPSA) is 20.2 Å². The third kappa shape index (κ3) is 2.60. The van der Waals surface area contributed by atoms with Crippen LogP contribution in [0.3, 0.4) is 0 Å². The summed E-state index contributed by atoms with van der Waals surface area (Å²) in [6.45, 7) is 4.76. The molecule has 4 fully saturated rings. The van der Waals surface area contributed by atoms with Gasteiger partial charge in [0.2, 0.25) is 0 Å². The van der Waals surface area contributed by atoms with Crippen LogP contribution in [0, 0.1) is 22.7 Å². The first-order valence-electron chi connectivity index (χ1n) is 8.73. The molecule has 0 aromatic carbocycles. The largest absolute Gasteiger partial charge is 0.393 e. The van der Waals surface area contributed by atoms with Gasteiger partial charge in [0, 0.05) is 0 Å². The van der Waals surface area contributed by atoms with Crippen molar-refractivity contribution in [3.05, 3.63) is 0 Å². The highest BCUT2D eigenvalue weighted by atomic mass is 16.3. The molecule has 0 aromatic rings. The van der Waals surface area contributed by atoms with E-state index in [9.17, 15) is 5.11 Å². The molecule has 4 aliphatic carbocycles. The Labute approximate surface area is 119 Å². The number of hydrogen-bond acceptors (Lipinski definition) is 1. The third-order valence-electron chi connectivity index (χ3n) is 6.44. The molecule has 19 heavy (non-hydrogen) atoms. The van der Waals surface area contributed by atoms with E-state index in [1.807, 2.05) is 0 Å². The zero-order valence-corrected chi connectivity index (χ0v) is 13.0. The van der Waals surface area contributed by atoms with E-state index >= 15 is 0 Å². The predicted molar refractivity (Wildman–Crippen MR) is 80.0 cm³/mol. The second-order valence-corrected chi connectivity index (χ2v) is 8.50. The molecule has 0 saturated heterocycles. The smallest absolute Gasteiger partial charge is 0.0596 e. The predicted octanol–water partition coefficient (Wildman–Crippen LogP) is 4.92. The summed E-state index contributed by atoms with van der Waals surface area (Å²) < 4.78 is 0. The Morgan fingerprint density at radius 1 is 1.05 bits per heavy atom. The quantitative estimate of drug-likeness (QED) is 0.675. The van der Waals surface area contributed by atoms with Gasteiger partial charge in [-0.25, -0.2) is 0 Å². The van der Waals surface area contributed by atoms with E-state index in [0.29, 0.717) is 10.8 Å². The summed E-state index contributed by atoms with van der Waals surface area (Å²) in [6.07, 6.45) is 14.6. The summed E-state index contributed by atoms with van der Waals surface area (Å²) in [4.78, 5) is 0.